The third-order valence-electron chi connectivity index (χ3n) is 5.04. The summed E-state index contributed by atoms with van der Waals surface area (Å²) in [6.45, 7) is 6.34. The average molecular weight is 387 g/mol. The summed E-state index contributed by atoms with van der Waals surface area (Å²) in [5, 5.41) is 2.91. The van der Waals surface area contributed by atoms with Crippen molar-refractivity contribution in [3.05, 3.63) is 59.2 Å². The lowest BCUT2D eigenvalue weighted by atomic mass is 9.98. The van der Waals surface area contributed by atoms with Crippen molar-refractivity contribution in [3.8, 4) is 0 Å². The Hall–Kier alpha value is -2.18. The van der Waals surface area contributed by atoms with E-state index in [1.54, 1.807) is 13.0 Å². The lowest BCUT2D eigenvalue weighted by Gasteiger charge is -2.31. The molecule has 0 spiro atoms. The number of sulfonamides is 1. The van der Waals surface area contributed by atoms with E-state index in [0.717, 1.165) is 22.4 Å². The van der Waals surface area contributed by atoms with Crippen LogP contribution in [0.5, 0.6) is 0 Å². The topological polar surface area (TPSA) is 66.5 Å². The lowest BCUT2D eigenvalue weighted by Crippen LogP contribution is -2.43. The summed E-state index contributed by atoms with van der Waals surface area (Å²) in [6, 6.07) is 13.0. The molecule has 1 aliphatic heterocycles. The molecule has 0 radical (unpaired) electrons. The first-order valence-electron chi connectivity index (χ1n) is 9.22. The molecule has 27 heavy (non-hydrogen) atoms. The second-order valence-electron chi connectivity index (χ2n) is 7.33. The van der Waals surface area contributed by atoms with Crippen LogP contribution >= 0.6 is 0 Å². The minimum Gasteiger partial charge on any atom is -0.326 e. The Morgan fingerprint density at radius 1 is 1.04 bits per heavy atom. The van der Waals surface area contributed by atoms with Crippen LogP contribution in [-0.4, -0.2) is 31.7 Å². The van der Waals surface area contributed by atoms with Crippen LogP contribution in [0.4, 0.5) is 5.69 Å². The zero-order valence-corrected chi connectivity index (χ0v) is 16.8. The normalized spacial score (nSPS) is 18.3. The van der Waals surface area contributed by atoms with E-state index in [1.165, 1.54) is 4.31 Å². The summed E-state index contributed by atoms with van der Waals surface area (Å²) in [5.41, 5.74) is 3.49. The second-order valence-corrected chi connectivity index (χ2v) is 9.23. The van der Waals surface area contributed by atoms with E-state index in [4.69, 9.17) is 0 Å². The number of hydrogen-bond donors (Lipinski definition) is 1. The van der Waals surface area contributed by atoms with E-state index >= 15 is 0 Å². The molecule has 5 nitrogen and oxygen atoms in total. The fourth-order valence-electron chi connectivity index (χ4n) is 3.38. The Bertz CT molecular complexity index is 936. The van der Waals surface area contributed by atoms with Crippen molar-refractivity contribution in [2.45, 2.75) is 38.5 Å². The number of anilines is 1. The van der Waals surface area contributed by atoms with Gasteiger partial charge in [0.1, 0.15) is 0 Å². The molecule has 0 bridgehead atoms. The molecular formula is C21H26N2O3S. The molecule has 144 valence electrons. The quantitative estimate of drug-likeness (QED) is 0.872. The summed E-state index contributed by atoms with van der Waals surface area (Å²) < 4.78 is 27.7. The highest BCUT2D eigenvalue weighted by atomic mass is 32.2. The van der Waals surface area contributed by atoms with Crippen LogP contribution in [0.3, 0.4) is 0 Å². The van der Waals surface area contributed by atoms with Gasteiger partial charge >= 0.3 is 0 Å². The van der Waals surface area contributed by atoms with Gasteiger partial charge in [0, 0.05) is 18.8 Å². The molecule has 1 saturated heterocycles. The Morgan fingerprint density at radius 3 is 2.41 bits per heavy atom. The van der Waals surface area contributed by atoms with Gasteiger partial charge in [-0.25, -0.2) is 8.42 Å². The molecule has 0 saturated carbocycles. The molecule has 2 aromatic carbocycles. The molecule has 2 aromatic rings. The van der Waals surface area contributed by atoms with Gasteiger partial charge in [-0.3, -0.25) is 4.79 Å². The predicted molar refractivity (Wildman–Crippen MR) is 107 cm³/mol. The number of hydrogen-bond acceptors (Lipinski definition) is 3. The zero-order valence-electron chi connectivity index (χ0n) is 16.0. The summed E-state index contributed by atoms with van der Waals surface area (Å²) >= 11 is 0. The van der Waals surface area contributed by atoms with Crippen LogP contribution in [-0.2, 0) is 14.8 Å². The van der Waals surface area contributed by atoms with Gasteiger partial charge in [0.2, 0.25) is 15.9 Å². The SMILES string of the molecule is Cc1ccc(NC(=O)[C@@H]2CCCN(S(=O)(=O)c3cc(C)ccc3C)C2)cc1. The van der Waals surface area contributed by atoms with E-state index in [2.05, 4.69) is 5.32 Å². The first kappa shape index (κ1) is 19.6. The lowest BCUT2D eigenvalue weighted by molar-refractivity contribution is -0.120. The van der Waals surface area contributed by atoms with Crippen molar-refractivity contribution < 1.29 is 13.2 Å². The fraction of sp³-hybridized carbons (Fsp3) is 0.381. The van der Waals surface area contributed by atoms with Crippen molar-refractivity contribution in [3.63, 3.8) is 0 Å². The van der Waals surface area contributed by atoms with Gasteiger partial charge in [-0.15, -0.1) is 0 Å². The average Bonchev–Trinajstić information content (AvgIpc) is 2.65. The Balaban J connectivity index is 1.76. The minimum atomic E-state index is -3.61. The first-order valence-corrected chi connectivity index (χ1v) is 10.7. The van der Waals surface area contributed by atoms with Crippen molar-refractivity contribution in [1.29, 1.82) is 0 Å². The number of aryl methyl sites for hydroxylation is 3. The monoisotopic (exact) mass is 386 g/mol. The molecule has 1 aliphatic rings. The number of piperidine rings is 1. The maximum Gasteiger partial charge on any atom is 0.243 e. The Kier molecular flexibility index (Phi) is 5.67. The van der Waals surface area contributed by atoms with Gasteiger partial charge < -0.3 is 5.32 Å². The number of nitrogens with one attached hydrogen (secondary N) is 1. The van der Waals surface area contributed by atoms with Crippen LogP contribution in [0.25, 0.3) is 0 Å². The molecular weight excluding hydrogens is 360 g/mol. The van der Waals surface area contributed by atoms with E-state index in [9.17, 15) is 13.2 Å². The van der Waals surface area contributed by atoms with Crippen LogP contribution in [0.2, 0.25) is 0 Å². The van der Waals surface area contributed by atoms with Crippen LogP contribution in [0.1, 0.15) is 29.5 Å². The maximum absolute atomic E-state index is 13.1. The summed E-state index contributed by atoms with van der Waals surface area (Å²) in [7, 11) is -3.61. The molecule has 0 aliphatic carbocycles. The highest BCUT2D eigenvalue weighted by Gasteiger charge is 2.34. The molecule has 0 aromatic heterocycles. The number of benzene rings is 2. The highest BCUT2D eigenvalue weighted by Crippen LogP contribution is 2.27. The molecule has 1 fully saturated rings. The first-order chi connectivity index (χ1) is 12.8. The van der Waals surface area contributed by atoms with Gasteiger partial charge in [0.05, 0.1) is 10.8 Å². The van der Waals surface area contributed by atoms with E-state index in [-0.39, 0.29) is 18.4 Å². The third-order valence-corrected chi connectivity index (χ3v) is 7.04. The Morgan fingerprint density at radius 2 is 1.70 bits per heavy atom. The number of carbonyl (C=O) groups excluding carboxylic acids is 1. The maximum atomic E-state index is 13.1. The van der Waals surface area contributed by atoms with Crippen molar-refractivity contribution in [2.75, 3.05) is 18.4 Å². The molecule has 0 unspecified atom stereocenters. The summed E-state index contributed by atoms with van der Waals surface area (Å²) in [6.07, 6.45) is 1.37. The van der Waals surface area contributed by atoms with E-state index in [1.807, 2.05) is 50.2 Å². The van der Waals surface area contributed by atoms with Crippen LogP contribution in [0, 0.1) is 26.7 Å². The number of nitrogens with zero attached hydrogens (tertiary/aromatic N) is 1. The predicted octanol–water partition coefficient (Wildman–Crippen LogP) is 3.65. The van der Waals surface area contributed by atoms with Crippen molar-refractivity contribution >= 4 is 21.6 Å². The van der Waals surface area contributed by atoms with Gasteiger partial charge in [0.25, 0.3) is 0 Å². The number of rotatable bonds is 4. The number of amides is 1. The smallest absolute Gasteiger partial charge is 0.243 e. The van der Waals surface area contributed by atoms with Gasteiger partial charge in [-0.1, -0.05) is 29.8 Å². The summed E-state index contributed by atoms with van der Waals surface area (Å²) in [5.74, 6) is -0.473. The van der Waals surface area contributed by atoms with Gasteiger partial charge in [-0.05, 0) is 62.9 Å². The van der Waals surface area contributed by atoms with Crippen LogP contribution < -0.4 is 5.32 Å². The highest BCUT2D eigenvalue weighted by molar-refractivity contribution is 7.89. The summed E-state index contributed by atoms with van der Waals surface area (Å²) in [4.78, 5) is 13.0. The Labute approximate surface area is 161 Å². The molecule has 1 amide bonds. The molecule has 1 N–H and O–H groups in total. The van der Waals surface area contributed by atoms with Gasteiger partial charge in [0.15, 0.2) is 0 Å². The fourth-order valence-corrected chi connectivity index (χ4v) is 5.21. The van der Waals surface area contributed by atoms with Crippen LogP contribution in [0.15, 0.2) is 47.4 Å². The number of carbonyl (C=O) groups is 1. The van der Waals surface area contributed by atoms with Crippen molar-refractivity contribution in [1.82, 2.24) is 4.31 Å². The molecule has 1 atom stereocenters. The third kappa shape index (κ3) is 4.39. The van der Waals surface area contributed by atoms with E-state index < -0.39 is 10.0 Å². The second kappa shape index (κ2) is 7.82. The van der Waals surface area contributed by atoms with Gasteiger partial charge in [-0.2, -0.15) is 4.31 Å². The standard InChI is InChI=1S/C21H26N2O3S/c1-15-7-10-19(11-8-15)22-21(24)18-5-4-12-23(14-18)27(25,26)20-13-16(2)6-9-17(20)3/h6-11,13,18H,4-5,12,14H2,1-3H3,(H,22,24)/t18-/m1/s1. The molecule has 6 heteroatoms. The zero-order chi connectivity index (χ0) is 19.6. The molecule has 1 heterocycles. The molecule has 3 rings (SSSR count). The van der Waals surface area contributed by atoms with E-state index in [0.29, 0.717) is 24.3 Å². The largest absolute Gasteiger partial charge is 0.326 e. The minimum absolute atomic E-state index is 0.125. The van der Waals surface area contributed by atoms with Crippen molar-refractivity contribution in [2.24, 2.45) is 5.92 Å².